The Kier molecular flexibility index (Phi) is 9.95. The van der Waals surface area contributed by atoms with Gasteiger partial charge in [-0.3, -0.25) is 4.90 Å². The van der Waals surface area contributed by atoms with E-state index >= 15 is 0 Å². The predicted molar refractivity (Wildman–Crippen MR) is 225 cm³/mol. The van der Waals surface area contributed by atoms with Crippen molar-refractivity contribution in [2.75, 3.05) is 40.4 Å². The Labute approximate surface area is 316 Å². The standard InChI is InChI=1S/C22H34N2OSi.C22H32N2OSi/c2*1-22(2,3)26(5,6)25-14-15-10-18-17-8-7-9-19-21(17)16(12-23-19)11-20(18)24(4)13-15/h7-9,12,15,18,20,23H,10-11,13-14H2,1-6H3;7-10,12,15,20,23H,11,13-14H2,1-6H3/t15-,18-,20-;15-,20-/m11/s1. The van der Waals surface area contributed by atoms with Crippen molar-refractivity contribution in [1.29, 1.82) is 0 Å². The van der Waals surface area contributed by atoms with Crippen molar-refractivity contribution >= 4 is 44.0 Å². The fourth-order valence-electron chi connectivity index (χ4n) is 8.90. The van der Waals surface area contributed by atoms with Crippen LogP contribution in [0.25, 0.3) is 27.4 Å². The number of nitrogens with zero attached hydrogens (tertiary/aromatic N) is 2. The fourth-order valence-corrected chi connectivity index (χ4v) is 11.1. The molecule has 0 saturated carbocycles. The second-order valence-electron chi connectivity index (χ2n) is 19.7. The van der Waals surface area contributed by atoms with Gasteiger partial charge in [0, 0.05) is 84.4 Å². The van der Waals surface area contributed by atoms with Gasteiger partial charge < -0.3 is 23.7 Å². The Bertz CT molecular complexity index is 1940. The zero-order valence-corrected chi connectivity index (χ0v) is 36.2. The summed E-state index contributed by atoms with van der Waals surface area (Å²) < 4.78 is 13.1. The zero-order valence-electron chi connectivity index (χ0n) is 34.2. The first kappa shape index (κ1) is 37.8. The van der Waals surface area contributed by atoms with Gasteiger partial charge in [-0.15, -0.1) is 0 Å². The Balaban J connectivity index is 0.000000162. The van der Waals surface area contributed by atoms with Crippen molar-refractivity contribution < 1.29 is 8.85 Å². The third-order valence-corrected chi connectivity index (χ3v) is 23.1. The summed E-state index contributed by atoms with van der Waals surface area (Å²) in [5.74, 6) is 1.73. The van der Waals surface area contributed by atoms with E-state index in [0.29, 0.717) is 29.8 Å². The molecule has 282 valence electrons. The van der Waals surface area contributed by atoms with Crippen LogP contribution in [0.1, 0.15) is 76.1 Å². The first-order chi connectivity index (χ1) is 24.3. The molecule has 4 aromatic rings. The lowest BCUT2D eigenvalue weighted by molar-refractivity contribution is 0.0799. The highest BCUT2D eigenvalue weighted by Crippen LogP contribution is 2.46. The number of rotatable bonds is 6. The molecule has 0 amide bonds. The molecule has 4 heterocycles. The van der Waals surface area contributed by atoms with Gasteiger partial charge in [0.05, 0.1) is 0 Å². The smallest absolute Gasteiger partial charge is 0.192 e. The van der Waals surface area contributed by atoms with E-state index < -0.39 is 16.6 Å². The Morgan fingerprint density at radius 1 is 0.731 bits per heavy atom. The van der Waals surface area contributed by atoms with Crippen LogP contribution in [0.3, 0.4) is 0 Å². The van der Waals surface area contributed by atoms with Gasteiger partial charge in [-0.05, 0) is 115 Å². The molecule has 52 heavy (non-hydrogen) atoms. The van der Waals surface area contributed by atoms with Crippen LogP contribution in [0, 0.1) is 11.8 Å². The normalized spacial score (nSPS) is 25.4. The highest BCUT2D eigenvalue weighted by atomic mass is 28.4. The Hall–Kier alpha value is -2.47. The molecule has 5 atom stereocenters. The lowest BCUT2D eigenvalue weighted by Gasteiger charge is -2.46. The highest BCUT2D eigenvalue weighted by molar-refractivity contribution is 6.74. The number of aromatic nitrogens is 2. The van der Waals surface area contributed by atoms with Gasteiger partial charge in [0.15, 0.2) is 16.6 Å². The number of benzene rings is 2. The maximum Gasteiger partial charge on any atom is 0.192 e. The van der Waals surface area contributed by atoms with E-state index in [2.05, 4.69) is 156 Å². The lowest BCUT2D eigenvalue weighted by Crippen LogP contribution is -2.50. The second kappa shape index (κ2) is 13.7. The maximum absolute atomic E-state index is 6.60. The Morgan fingerprint density at radius 2 is 1.33 bits per heavy atom. The summed E-state index contributed by atoms with van der Waals surface area (Å²) in [6.07, 6.45) is 10.5. The quantitative estimate of drug-likeness (QED) is 0.194. The van der Waals surface area contributed by atoms with E-state index in [-0.39, 0.29) is 10.1 Å². The third kappa shape index (κ3) is 6.97. The van der Waals surface area contributed by atoms with Crippen LogP contribution in [0.5, 0.6) is 0 Å². The minimum Gasteiger partial charge on any atom is -0.416 e. The van der Waals surface area contributed by atoms with Crippen LogP contribution in [-0.4, -0.2) is 88.9 Å². The van der Waals surface area contributed by atoms with E-state index in [1.165, 1.54) is 56.9 Å². The minimum absolute atomic E-state index is 0.264. The van der Waals surface area contributed by atoms with E-state index in [0.717, 1.165) is 32.7 Å². The molecule has 2 aliphatic heterocycles. The summed E-state index contributed by atoms with van der Waals surface area (Å²) in [6, 6.07) is 14.6. The molecule has 8 rings (SSSR count). The van der Waals surface area contributed by atoms with E-state index in [4.69, 9.17) is 8.85 Å². The molecule has 2 N–H and O–H groups in total. The average molecular weight is 739 g/mol. The number of fused-ring (bicyclic) bond motifs is 4. The van der Waals surface area contributed by atoms with Gasteiger partial charge in [-0.1, -0.05) is 71.9 Å². The molecule has 2 aromatic heterocycles. The van der Waals surface area contributed by atoms with Crippen molar-refractivity contribution in [3.8, 4) is 0 Å². The first-order valence-electron chi connectivity index (χ1n) is 19.9. The molecular weight excluding hydrogens is 673 g/mol. The largest absolute Gasteiger partial charge is 0.416 e. The second-order valence-corrected chi connectivity index (χ2v) is 29.3. The molecule has 1 fully saturated rings. The van der Waals surface area contributed by atoms with Gasteiger partial charge in [0.2, 0.25) is 0 Å². The van der Waals surface area contributed by atoms with Crippen molar-refractivity contribution in [3.63, 3.8) is 0 Å². The number of H-pyrrole nitrogens is 2. The number of likely N-dealkylation sites (N-methyl/N-ethyl adjacent to an activating group) is 2. The van der Waals surface area contributed by atoms with Crippen LogP contribution in [0.15, 0.2) is 54.9 Å². The summed E-state index contributed by atoms with van der Waals surface area (Å²) in [4.78, 5) is 12.1. The zero-order chi connectivity index (χ0) is 37.4. The molecule has 0 unspecified atom stereocenters. The van der Waals surface area contributed by atoms with Gasteiger partial charge in [0.1, 0.15) is 0 Å². The van der Waals surface area contributed by atoms with Gasteiger partial charge in [-0.25, -0.2) is 0 Å². The number of hydrogen-bond acceptors (Lipinski definition) is 4. The minimum atomic E-state index is -1.70. The van der Waals surface area contributed by atoms with Crippen LogP contribution in [-0.2, 0) is 21.7 Å². The SMILES string of the molecule is CN1C[C@H](CO[Si](C)(C)C(C)(C)C)C=C2c3cccc4[nH]cc(c34)C[C@H]21.CN1C[C@H](CO[Si](C)(C)C(C)(C)C)C[C@@H]2c3cccc4[nH]cc(c34)C[C@H]21. The molecule has 0 radical (unpaired) electrons. The van der Waals surface area contributed by atoms with Gasteiger partial charge in [0.25, 0.3) is 0 Å². The van der Waals surface area contributed by atoms with E-state index in [1.807, 2.05) is 0 Å². The summed E-state index contributed by atoms with van der Waals surface area (Å²) >= 11 is 0. The number of nitrogens with one attached hydrogen (secondary N) is 2. The van der Waals surface area contributed by atoms with E-state index in [1.54, 1.807) is 5.56 Å². The molecule has 6 nitrogen and oxygen atoms in total. The van der Waals surface area contributed by atoms with Crippen molar-refractivity contribution in [3.05, 3.63) is 77.1 Å². The molecule has 2 aliphatic carbocycles. The number of piperidine rings is 1. The summed E-state index contributed by atoms with van der Waals surface area (Å²) in [6.45, 7) is 27.4. The van der Waals surface area contributed by atoms with Crippen LogP contribution in [0.4, 0.5) is 0 Å². The third-order valence-electron chi connectivity index (χ3n) is 14.1. The molecule has 1 saturated heterocycles. The predicted octanol–water partition coefficient (Wildman–Crippen LogP) is 10.2. The molecule has 4 aliphatic rings. The van der Waals surface area contributed by atoms with Crippen molar-refractivity contribution in [2.24, 2.45) is 11.8 Å². The summed E-state index contributed by atoms with van der Waals surface area (Å²) in [7, 11) is 1.21. The molecule has 0 spiro atoms. The number of aromatic amines is 2. The Morgan fingerprint density at radius 3 is 1.98 bits per heavy atom. The number of likely N-dealkylation sites (tertiary alicyclic amines) is 1. The summed E-state index contributed by atoms with van der Waals surface area (Å²) in [5.41, 5.74) is 10.00. The van der Waals surface area contributed by atoms with Gasteiger partial charge in [-0.2, -0.15) is 0 Å². The fraction of sp³-hybridized carbons (Fsp3) is 0.591. The first-order valence-corrected chi connectivity index (χ1v) is 25.7. The van der Waals surface area contributed by atoms with Crippen LogP contribution in [0.2, 0.25) is 36.3 Å². The average Bonchev–Trinajstić information content (AvgIpc) is 3.69. The van der Waals surface area contributed by atoms with E-state index in [9.17, 15) is 0 Å². The maximum atomic E-state index is 6.60. The monoisotopic (exact) mass is 738 g/mol. The van der Waals surface area contributed by atoms with Crippen LogP contribution >= 0.6 is 0 Å². The topological polar surface area (TPSA) is 56.5 Å². The molecule has 2 aromatic carbocycles. The summed E-state index contributed by atoms with van der Waals surface area (Å²) in [5, 5.41) is 3.47. The molecular formula is C44H66N4O2Si2. The number of hydrogen-bond donors (Lipinski definition) is 2. The van der Waals surface area contributed by atoms with Gasteiger partial charge >= 0.3 is 0 Å². The molecule has 0 bridgehead atoms. The van der Waals surface area contributed by atoms with Crippen molar-refractivity contribution in [2.45, 2.75) is 115 Å². The molecule has 8 heteroatoms. The highest BCUT2D eigenvalue weighted by Gasteiger charge is 2.42. The lowest BCUT2D eigenvalue weighted by atomic mass is 9.72. The van der Waals surface area contributed by atoms with Crippen LogP contribution < -0.4 is 0 Å². The van der Waals surface area contributed by atoms with Crippen molar-refractivity contribution in [1.82, 2.24) is 19.8 Å².